The average molecular weight is 365 g/mol. The molecule has 1 unspecified atom stereocenters. The Morgan fingerprint density at radius 2 is 1.92 bits per heavy atom. The normalized spacial score (nSPS) is 13.4. The summed E-state index contributed by atoms with van der Waals surface area (Å²) in [4.78, 5) is 6.95. The molecular formula is C18H18F3N3S. The zero-order valence-electron chi connectivity index (χ0n) is 13.8. The summed E-state index contributed by atoms with van der Waals surface area (Å²) < 4.78 is 39.4. The van der Waals surface area contributed by atoms with E-state index < -0.39 is 11.9 Å². The third-order valence-corrected chi connectivity index (χ3v) is 4.96. The molecule has 7 heteroatoms. The summed E-state index contributed by atoms with van der Waals surface area (Å²) in [6.45, 7) is 0.499. The number of anilines is 1. The lowest BCUT2D eigenvalue weighted by atomic mass is 10.1. The first-order valence-electron chi connectivity index (χ1n) is 7.77. The van der Waals surface area contributed by atoms with E-state index in [1.807, 2.05) is 36.5 Å². The van der Waals surface area contributed by atoms with Crippen LogP contribution < -0.4 is 5.32 Å². The van der Waals surface area contributed by atoms with Gasteiger partial charge in [-0.15, -0.1) is 11.3 Å². The summed E-state index contributed by atoms with van der Waals surface area (Å²) in [5, 5.41) is 5.87. The molecular weight excluding hydrogens is 347 g/mol. The van der Waals surface area contributed by atoms with Crippen LogP contribution in [0.25, 0.3) is 10.9 Å². The van der Waals surface area contributed by atoms with Gasteiger partial charge in [0.2, 0.25) is 0 Å². The summed E-state index contributed by atoms with van der Waals surface area (Å²) in [7, 11) is 3.91. The molecule has 25 heavy (non-hydrogen) atoms. The van der Waals surface area contributed by atoms with E-state index in [-0.39, 0.29) is 6.04 Å². The Morgan fingerprint density at radius 3 is 2.56 bits per heavy atom. The van der Waals surface area contributed by atoms with Gasteiger partial charge in [0.05, 0.1) is 11.6 Å². The molecule has 0 amide bonds. The number of nitrogens with zero attached hydrogens (tertiary/aromatic N) is 2. The minimum Gasteiger partial charge on any atom is -0.382 e. The van der Waals surface area contributed by atoms with E-state index in [2.05, 4.69) is 10.3 Å². The molecule has 0 saturated carbocycles. The summed E-state index contributed by atoms with van der Waals surface area (Å²) in [6, 6.07) is 12.0. The third-order valence-electron chi connectivity index (χ3n) is 3.99. The number of hydrogen-bond acceptors (Lipinski definition) is 4. The number of thiophene rings is 1. The predicted octanol–water partition coefficient (Wildman–Crippen LogP) is 5.03. The molecule has 3 rings (SSSR count). The van der Waals surface area contributed by atoms with Gasteiger partial charge in [0, 0.05) is 22.5 Å². The lowest BCUT2D eigenvalue weighted by Gasteiger charge is -2.24. The van der Waals surface area contributed by atoms with E-state index in [9.17, 15) is 13.2 Å². The molecule has 0 spiro atoms. The first-order chi connectivity index (χ1) is 11.9. The van der Waals surface area contributed by atoms with E-state index in [1.165, 1.54) is 0 Å². The molecule has 0 bridgehead atoms. The highest BCUT2D eigenvalue weighted by molar-refractivity contribution is 7.10. The van der Waals surface area contributed by atoms with Gasteiger partial charge in [0.15, 0.2) is 0 Å². The Balaban J connectivity index is 1.94. The van der Waals surface area contributed by atoms with E-state index >= 15 is 0 Å². The molecule has 1 N–H and O–H groups in total. The van der Waals surface area contributed by atoms with Crippen molar-refractivity contribution in [3.8, 4) is 0 Å². The van der Waals surface area contributed by atoms with Gasteiger partial charge in [0.1, 0.15) is 5.69 Å². The number of pyridine rings is 1. The number of hydrogen-bond donors (Lipinski definition) is 1. The Kier molecular flexibility index (Phi) is 4.96. The van der Waals surface area contributed by atoms with Crippen LogP contribution >= 0.6 is 11.3 Å². The quantitative estimate of drug-likeness (QED) is 0.687. The zero-order chi connectivity index (χ0) is 18.0. The van der Waals surface area contributed by atoms with Gasteiger partial charge in [-0.2, -0.15) is 13.2 Å². The van der Waals surface area contributed by atoms with Crippen molar-refractivity contribution in [2.45, 2.75) is 12.2 Å². The van der Waals surface area contributed by atoms with Crippen molar-refractivity contribution in [2.24, 2.45) is 0 Å². The monoisotopic (exact) mass is 365 g/mol. The summed E-state index contributed by atoms with van der Waals surface area (Å²) in [5.41, 5.74) is -0.107. The van der Waals surface area contributed by atoms with E-state index in [0.29, 0.717) is 23.1 Å². The van der Waals surface area contributed by atoms with Crippen molar-refractivity contribution >= 4 is 27.9 Å². The molecule has 0 aliphatic rings. The number of halogens is 3. The van der Waals surface area contributed by atoms with Crippen LogP contribution in [-0.2, 0) is 6.18 Å². The lowest BCUT2D eigenvalue weighted by Crippen LogP contribution is -2.26. The van der Waals surface area contributed by atoms with Crippen molar-refractivity contribution in [3.05, 3.63) is 58.4 Å². The number of rotatable bonds is 5. The molecule has 0 radical (unpaired) electrons. The van der Waals surface area contributed by atoms with Crippen LogP contribution in [-0.4, -0.2) is 30.5 Å². The molecule has 0 fully saturated rings. The Bertz CT molecular complexity index is 844. The molecule has 1 aromatic carbocycles. The number of aromatic nitrogens is 1. The first kappa shape index (κ1) is 17.7. The van der Waals surface area contributed by atoms with E-state index in [4.69, 9.17) is 0 Å². The van der Waals surface area contributed by atoms with Gasteiger partial charge in [-0.3, -0.25) is 0 Å². The van der Waals surface area contributed by atoms with Crippen LogP contribution in [0, 0.1) is 0 Å². The Labute approximate surface area is 148 Å². The predicted molar refractivity (Wildman–Crippen MR) is 96.0 cm³/mol. The SMILES string of the molecule is CN(C)C(CNc1cc(C(F)(F)F)nc2ccccc12)c1cccs1. The molecule has 3 nitrogen and oxygen atoms in total. The molecule has 1 atom stereocenters. The van der Waals surface area contributed by atoms with Crippen molar-refractivity contribution in [1.29, 1.82) is 0 Å². The van der Waals surface area contributed by atoms with E-state index in [1.54, 1.807) is 35.6 Å². The highest BCUT2D eigenvalue weighted by atomic mass is 32.1. The summed E-state index contributed by atoms with van der Waals surface area (Å²) >= 11 is 1.63. The minimum absolute atomic E-state index is 0.0706. The number of fused-ring (bicyclic) bond motifs is 1. The lowest BCUT2D eigenvalue weighted by molar-refractivity contribution is -0.140. The second-order valence-corrected chi connectivity index (χ2v) is 6.92. The van der Waals surface area contributed by atoms with Gasteiger partial charge in [0.25, 0.3) is 0 Å². The van der Waals surface area contributed by atoms with Gasteiger partial charge in [-0.1, -0.05) is 24.3 Å². The van der Waals surface area contributed by atoms with Crippen LogP contribution in [0.1, 0.15) is 16.6 Å². The zero-order valence-corrected chi connectivity index (χ0v) is 14.7. The van der Waals surface area contributed by atoms with Crippen molar-refractivity contribution < 1.29 is 13.2 Å². The van der Waals surface area contributed by atoms with Gasteiger partial charge < -0.3 is 10.2 Å². The standard InChI is InChI=1S/C18H18F3N3S/c1-24(2)15(16-8-5-9-25-16)11-22-14-10-17(18(19,20)21)23-13-7-4-3-6-12(13)14/h3-10,15H,11H2,1-2H3,(H,22,23). The molecule has 3 aromatic rings. The Morgan fingerprint density at radius 1 is 1.16 bits per heavy atom. The van der Waals surface area contributed by atoms with Crippen LogP contribution in [0.2, 0.25) is 0 Å². The summed E-state index contributed by atoms with van der Waals surface area (Å²) in [6.07, 6.45) is -4.48. The van der Waals surface area contributed by atoms with Gasteiger partial charge in [-0.05, 0) is 37.7 Å². The molecule has 2 heterocycles. The number of benzene rings is 1. The number of alkyl halides is 3. The average Bonchev–Trinajstić information content (AvgIpc) is 3.07. The van der Waals surface area contributed by atoms with Crippen LogP contribution in [0.3, 0.4) is 0 Å². The maximum atomic E-state index is 13.1. The fourth-order valence-corrected chi connectivity index (χ4v) is 3.61. The first-order valence-corrected chi connectivity index (χ1v) is 8.65. The van der Waals surface area contributed by atoms with Crippen LogP contribution in [0.15, 0.2) is 47.8 Å². The topological polar surface area (TPSA) is 28.2 Å². The minimum atomic E-state index is -4.48. The molecule has 2 aromatic heterocycles. The fourth-order valence-electron chi connectivity index (χ4n) is 2.69. The highest BCUT2D eigenvalue weighted by Gasteiger charge is 2.33. The van der Waals surface area contributed by atoms with Crippen molar-refractivity contribution in [3.63, 3.8) is 0 Å². The maximum Gasteiger partial charge on any atom is 0.433 e. The molecule has 0 aliphatic heterocycles. The second kappa shape index (κ2) is 7.01. The number of para-hydroxylation sites is 1. The van der Waals surface area contributed by atoms with Gasteiger partial charge >= 0.3 is 6.18 Å². The number of nitrogens with one attached hydrogen (secondary N) is 1. The fraction of sp³-hybridized carbons (Fsp3) is 0.278. The smallest absolute Gasteiger partial charge is 0.382 e. The summed E-state index contributed by atoms with van der Waals surface area (Å²) in [5.74, 6) is 0. The number of likely N-dealkylation sites (N-methyl/N-ethyl adjacent to an activating group) is 1. The Hall–Kier alpha value is -2.12. The third kappa shape index (κ3) is 3.93. The van der Waals surface area contributed by atoms with Crippen LogP contribution in [0.5, 0.6) is 0 Å². The molecule has 0 aliphatic carbocycles. The van der Waals surface area contributed by atoms with E-state index in [0.717, 1.165) is 10.9 Å². The highest BCUT2D eigenvalue weighted by Crippen LogP contribution is 2.33. The van der Waals surface area contributed by atoms with Crippen LogP contribution in [0.4, 0.5) is 18.9 Å². The second-order valence-electron chi connectivity index (χ2n) is 5.95. The largest absolute Gasteiger partial charge is 0.433 e. The molecule has 132 valence electrons. The molecule has 0 saturated heterocycles. The van der Waals surface area contributed by atoms with Gasteiger partial charge in [-0.25, -0.2) is 4.98 Å². The maximum absolute atomic E-state index is 13.1. The van der Waals surface area contributed by atoms with Crippen molar-refractivity contribution in [2.75, 3.05) is 26.0 Å². The van der Waals surface area contributed by atoms with Crippen molar-refractivity contribution in [1.82, 2.24) is 9.88 Å².